The zero-order valence-electron chi connectivity index (χ0n) is 9.87. The lowest BCUT2D eigenvalue weighted by Gasteiger charge is -2.25. The third-order valence-corrected chi connectivity index (χ3v) is 3.70. The lowest BCUT2D eigenvalue weighted by molar-refractivity contribution is 0.0902. The fourth-order valence-corrected chi connectivity index (χ4v) is 2.84. The number of hydrogen-bond donors (Lipinski definition) is 1. The predicted octanol–water partition coefficient (Wildman–Crippen LogP) is 1.24. The number of likely N-dealkylation sites (N-methyl/N-ethyl adjacent to an activating group) is 1. The largest absolute Gasteiger partial charge is 0.378 e. The van der Waals surface area contributed by atoms with Gasteiger partial charge in [-0.1, -0.05) is 0 Å². The molecule has 2 rings (SSSR count). The average molecular weight is 212 g/mol. The van der Waals surface area contributed by atoms with Crippen LogP contribution in [0.2, 0.25) is 0 Å². The van der Waals surface area contributed by atoms with Crippen molar-refractivity contribution >= 4 is 0 Å². The van der Waals surface area contributed by atoms with Crippen LogP contribution in [0.25, 0.3) is 0 Å². The molecule has 0 aliphatic carbocycles. The van der Waals surface area contributed by atoms with Crippen LogP contribution in [0.4, 0.5) is 0 Å². The van der Waals surface area contributed by atoms with Crippen LogP contribution in [0, 0.1) is 0 Å². The number of hydrogen-bond acceptors (Lipinski definition) is 3. The Morgan fingerprint density at radius 3 is 3.00 bits per heavy atom. The van der Waals surface area contributed by atoms with Gasteiger partial charge in [0.05, 0.1) is 6.10 Å². The van der Waals surface area contributed by atoms with E-state index in [4.69, 9.17) is 4.74 Å². The van der Waals surface area contributed by atoms with Crippen LogP contribution in [-0.4, -0.2) is 50.3 Å². The molecule has 2 saturated heterocycles. The van der Waals surface area contributed by atoms with Crippen LogP contribution in [0.1, 0.15) is 32.1 Å². The SMILES string of the molecule is CNCC1CCCN1CCC1CCCO1. The lowest BCUT2D eigenvalue weighted by Crippen LogP contribution is -2.38. The second kappa shape index (κ2) is 5.83. The topological polar surface area (TPSA) is 24.5 Å². The van der Waals surface area contributed by atoms with Crippen molar-refractivity contribution in [2.75, 3.05) is 33.3 Å². The van der Waals surface area contributed by atoms with Crippen LogP contribution >= 0.6 is 0 Å². The van der Waals surface area contributed by atoms with Crippen LogP contribution in [0.3, 0.4) is 0 Å². The first-order valence-electron chi connectivity index (χ1n) is 6.40. The van der Waals surface area contributed by atoms with E-state index in [1.807, 2.05) is 0 Å². The van der Waals surface area contributed by atoms with Gasteiger partial charge in [-0.3, -0.25) is 4.90 Å². The minimum Gasteiger partial charge on any atom is -0.378 e. The van der Waals surface area contributed by atoms with Crippen molar-refractivity contribution in [3.63, 3.8) is 0 Å². The lowest BCUT2D eigenvalue weighted by atomic mass is 10.1. The highest BCUT2D eigenvalue weighted by Gasteiger charge is 2.25. The van der Waals surface area contributed by atoms with Crippen molar-refractivity contribution in [1.82, 2.24) is 10.2 Å². The highest BCUT2D eigenvalue weighted by Crippen LogP contribution is 2.20. The number of nitrogens with zero attached hydrogens (tertiary/aromatic N) is 1. The van der Waals surface area contributed by atoms with E-state index < -0.39 is 0 Å². The molecule has 1 N–H and O–H groups in total. The summed E-state index contributed by atoms with van der Waals surface area (Å²) in [5.74, 6) is 0. The number of rotatable bonds is 5. The molecule has 2 aliphatic rings. The van der Waals surface area contributed by atoms with E-state index in [0.717, 1.165) is 19.2 Å². The molecule has 15 heavy (non-hydrogen) atoms. The average Bonchev–Trinajstić information content (AvgIpc) is 2.85. The molecule has 3 heteroatoms. The minimum atomic E-state index is 0.556. The predicted molar refractivity (Wildman–Crippen MR) is 62.1 cm³/mol. The zero-order chi connectivity index (χ0) is 10.5. The molecule has 0 aromatic carbocycles. The van der Waals surface area contributed by atoms with E-state index in [1.165, 1.54) is 45.2 Å². The summed E-state index contributed by atoms with van der Waals surface area (Å²) in [5, 5.41) is 3.29. The molecule has 0 amide bonds. The molecular formula is C12H24N2O. The number of likely N-dealkylation sites (tertiary alicyclic amines) is 1. The summed E-state index contributed by atoms with van der Waals surface area (Å²) in [6, 6.07) is 0.774. The van der Waals surface area contributed by atoms with Gasteiger partial charge < -0.3 is 10.1 Å². The maximum Gasteiger partial charge on any atom is 0.0588 e. The molecule has 0 saturated carbocycles. The molecular weight excluding hydrogens is 188 g/mol. The van der Waals surface area contributed by atoms with Crippen LogP contribution < -0.4 is 5.32 Å². The summed E-state index contributed by atoms with van der Waals surface area (Å²) < 4.78 is 5.67. The van der Waals surface area contributed by atoms with E-state index in [2.05, 4.69) is 17.3 Å². The van der Waals surface area contributed by atoms with E-state index >= 15 is 0 Å². The summed E-state index contributed by atoms with van der Waals surface area (Å²) in [7, 11) is 2.05. The van der Waals surface area contributed by atoms with Gasteiger partial charge in [0.2, 0.25) is 0 Å². The van der Waals surface area contributed by atoms with Crippen molar-refractivity contribution in [2.24, 2.45) is 0 Å². The molecule has 2 atom stereocenters. The Balaban J connectivity index is 1.68. The summed E-state index contributed by atoms with van der Waals surface area (Å²) in [6.07, 6.45) is 7.08. The Labute approximate surface area is 93.2 Å². The molecule has 88 valence electrons. The number of nitrogens with one attached hydrogen (secondary N) is 1. The van der Waals surface area contributed by atoms with Gasteiger partial charge in [0.1, 0.15) is 0 Å². The monoisotopic (exact) mass is 212 g/mol. The third-order valence-electron chi connectivity index (χ3n) is 3.70. The molecule has 2 unspecified atom stereocenters. The van der Waals surface area contributed by atoms with Gasteiger partial charge in [0.15, 0.2) is 0 Å². The van der Waals surface area contributed by atoms with Crippen LogP contribution in [0.5, 0.6) is 0 Å². The van der Waals surface area contributed by atoms with Gasteiger partial charge in [-0.25, -0.2) is 0 Å². The first kappa shape index (κ1) is 11.4. The molecule has 2 aliphatic heterocycles. The van der Waals surface area contributed by atoms with Crippen molar-refractivity contribution in [3.8, 4) is 0 Å². The molecule has 2 heterocycles. The first-order chi connectivity index (χ1) is 7.40. The fraction of sp³-hybridized carbons (Fsp3) is 1.00. The second-order valence-electron chi connectivity index (χ2n) is 4.81. The molecule has 0 bridgehead atoms. The summed E-state index contributed by atoms with van der Waals surface area (Å²) >= 11 is 0. The highest BCUT2D eigenvalue weighted by molar-refractivity contribution is 4.81. The van der Waals surface area contributed by atoms with Crippen LogP contribution in [-0.2, 0) is 4.74 Å². The molecule has 0 spiro atoms. The van der Waals surface area contributed by atoms with E-state index in [9.17, 15) is 0 Å². The van der Waals surface area contributed by atoms with Crippen molar-refractivity contribution < 1.29 is 4.74 Å². The summed E-state index contributed by atoms with van der Waals surface area (Å²) in [5.41, 5.74) is 0. The second-order valence-corrected chi connectivity index (χ2v) is 4.81. The summed E-state index contributed by atoms with van der Waals surface area (Å²) in [6.45, 7) is 4.66. The van der Waals surface area contributed by atoms with Crippen LogP contribution in [0.15, 0.2) is 0 Å². The molecule has 0 aromatic rings. The Kier molecular flexibility index (Phi) is 4.42. The van der Waals surface area contributed by atoms with Gasteiger partial charge in [-0.2, -0.15) is 0 Å². The Hall–Kier alpha value is -0.120. The van der Waals surface area contributed by atoms with Crippen molar-refractivity contribution in [2.45, 2.75) is 44.2 Å². The van der Waals surface area contributed by atoms with Gasteiger partial charge >= 0.3 is 0 Å². The smallest absolute Gasteiger partial charge is 0.0588 e. The molecule has 0 aromatic heterocycles. The Morgan fingerprint density at radius 1 is 1.33 bits per heavy atom. The van der Waals surface area contributed by atoms with Crippen molar-refractivity contribution in [3.05, 3.63) is 0 Å². The summed E-state index contributed by atoms with van der Waals surface area (Å²) in [4.78, 5) is 2.64. The van der Waals surface area contributed by atoms with Gasteiger partial charge in [0.25, 0.3) is 0 Å². The zero-order valence-corrected chi connectivity index (χ0v) is 9.87. The van der Waals surface area contributed by atoms with E-state index in [1.54, 1.807) is 0 Å². The number of ether oxygens (including phenoxy) is 1. The fourth-order valence-electron chi connectivity index (χ4n) is 2.84. The Morgan fingerprint density at radius 2 is 2.27 bits per heavy atom. The van der Waals surface area contributed by atoms with Gasteiger partial charge in [-0.05, 0) is 45.7 Å². The third kappa shape index (κ3) is 3.16. The standard InChI is InChI=1S/C12H24N2O/c1-13-10-11-4-2-7-14(11)8-6-12-5-3-9-15-12/h11-13H,2-10H2,1H3. The molecule has 0 radical (unpaired) electrons. The van der Waals surface area contributed by atoms with E-state index in [0.29, 0.717) is 6.10 Å². The van der Waals surface area contributed by atoms with Gasteiger partial charge in [-0.15, -0.1) is 0 Å². The molecule has 3 nitrogen and oxygen atoms in total. The quantitative estimate of drug-likeness (QED) is 0.742. The first-order valence-corrected chi connectivity index (χ1v) is 6.40. The van der Waals surface area contributed by atoms with E-state index in [-0.39, 0.29) is 0 Å². The van der Waals surface area contributed by atoms with Gasteiger partial charge in [0, 0.05) is 25.7 Å². The Bertz CT molecular complexity index is 180. The maximum atomic E-state index is 5.67. The highest BCUT2D eigenvalue weighted by atomic mass is 16.5. The minimum absolute atomic E-state index is 0.556. The normalized spacial score (nSPS) is 32.6. The van der Waals surface area contributed by atoms with Crippen molar-refractivity contribution in [1.29, 1.82) is 0 Å². The molecule has 2 fully saturated rings. The maximum absolute atomic E-state index is 5.67.